The van der Waals surface area contributed by atoms with E-state index in [9.17, 15) is 24.0 Å². The lowest BCUT2D eigenvalue weighted by Crippen LogP contribution is -2.42. The van der Waals surface area contributed by atoms with Crippen molar-refractivity contribution in [1.29, 1.82) is 0 Å². The van der Waals surface area contributed by atoms with Crippen LogP contribution in [0.25, 0.3) is 5.70 Å². The summed E-state index contributed by atoms with van der Waals surface area (Å²) in [6.45, 7) is 4.11. The predicted molar refractivity (Wildman–Crippen MR) is 96.8 cm³/mol. The van der Waals surface area contributed by atoms with E-state index < -0.39 is 41.4 Å². The Morgan fingerprint density at radius 2 is 1.63 bits per heavy atom. The monoisotopic (exact) mass is 446 g/mol. The van der Waals surface area contributed by atoms with Crippen LogP contribution >= 0.6 is 15.9 Å². The van der Waals surface area contributed by atoms with Gasteiger partial charge < -0.3 is 14.2 Å². The fourth-order valence-electron chi connectivity index (χ4n) is 1.94. The highest BCUT2D eigenvalue weighted by Gasteiger charge is 2.21. The maximum atomic E-state index is 12.7. The third kappa shape index (κ3) is 5.91. The minimum absolute atomic E-state index is 0.0165. The Kier molecular flexibility index (Phi) is 8.66. The number of halogens is 1. The topological polar surface area (TPSA) is 123 Å². The van der Waals surface area contributed by atoms with Crippen LogP contribution in [0.3, 0.4) is 0 Å². The Morgan fingerprint density at radius 1 is 1.04 bits per heavy atom. The summed E-state index contributed by atoms with van der Waals surface area (Å²) >= 11 is 2.97. The predicted octanol–water partition coefficient (Wildman–Crippen LogP) is 0.303. The Bertz CT molecular complexity index is 868. The zero-order valence-corrected chi connectivity index (χ0v) is 16.6. The fourth-order valence-corrected chi connectivity index (χ4v) is 2.36. The van der Waals surface area contributed by atoms with Crippen molar-refractivity contribution in [2.75, 3.05) is 19.8 Å². The molecule has 0 aliphatic heterocycles. The second-order valence-electron chi connectivity index (χ2n) is 4.83. The van der Waals surface area contributed by atoms with Gasteiger partial charge in [0.05, 0.1) is 30.4 Å². The molecule has 1 rings (SSSR count). The number of hydrogen-bond donors (Lipinski definition) is 0. The molecule has 0 radical (unpaired) electrons. The molecule has 0 aliphatic rings. The Balaban J connectivity index is 3.59. The molecule has 0 atom stereocenters. The minimum atomic E-state index is -1.03. The number of carbonyl (C=O) groups is 3. The molecule has 1 aromatic rings. The molecule has 0 fully saturated rings. The third-order valence-electron chi connectivity index (χ3n) is 3.01. The molecular formula is C16H19BrN2O8. The molecule has 27 heavy (non-hydrogen) atoms. The Hall–Kier alpha value is -2.69. The summed E-state index contributed by atoms with van der Waals surface area (Å²) in [5.74, 6) is -2.68. The fraction of sp³-hybridized carbons (Fsp3) is 0.438. The van der Waals surface area contributed by atoms with E-state index in [2.05, 4.69) is 15.9 Å². The standard InChI is InChI=1S/C16H19BrN2O8/c1-4-25-12(20)7-11(15(23)27-6-3)18-8-10(17)14(22)19(16(18)24)9-13(21)26-5-2/h7-8H,4-6,9H2,1-3H3/b11-7-. The normalized spacial score (nSPS) is 11.0. The summed E-state index contributed by atoms with van der Waals surface area (Å²) in [6, 6.07) is 0. The van der Waals surface area contributed by atoms with E-state index in [1.54, 1.807) is 20.8 Å². The summed E-state index contributed by atoms with van der Waals surface area (Å²) < 4.78 is 15.5. The smallest absolute Gasteiger partial charge is 0.355 e. The number of nitrogens with zero attached hydrogens (tertiary/aromatic N) is 2. The summed E-state index contributed by atoms with van der Waals surface area (Å²) in [5.41, 5.74) is -2.30. The van der Waals surface area contributed by atoms with Gasteiger partial charge in [-0.25, -0.2) is 19.0 Å². The van der Waals surface area contributed by atoms with Gasteiger partial charge in [0.15, 0.2) is 0 Å². The van der Waals surface area contributed by atoms with E-state index in [0.29, 0.717) is 4.57 Å². The second kappa shape index (κ2) is 10.5. The highest BCUT2D eigenvalue weighted by molar-refractivity contribution is 9.10. The lowest BCUT2D eigenvalue weighted by atomic mass is 10.3. The van der Waals surface area contributed by atoms with Crippen LogP contribution in [0.5, 0.6) is 0 Å². The van der Waals surface area contributed by atoms with Crippen molar-refractivity contribution in [3.8, 4) is 0 Å². The van der Waals surface area contributed by atoms with Gasteiger partial charge in [-0.15, -0.1) is 0 Å². The summed E-state index contributed by atoms with van der Waals surface area (Å²) in [6.07, 6.45) is 1.78. The molecule has 148 valence electrons. The molecule has 0 bridgehead atoms. The van der Waals surface area contributed by atoms with Gasteiger partial charge in [0.1, 0.15) is 12.2 Å². The number of esters is 3. The number of carbonyl (C=O) groups excluding carboxylic acids is 3. The van der Waals surface area contributed by atoms with Crippen LogP contribution in [0, 0.1) is 0 Å². The molecule has 0 unspecified atom stereocenters. The molecule has 0 aliphatic carbocycles. The molecule has 0 spiro atoms. The molecular weight excluding hydrogens is 428 g/mol. The number of aromatic nitrogens is 2. The van der Waals surface area contributed by atoms with Gasteiger partial charge in [0, 0.05) is 6.20 Å². The van der Waals surface area contributed by atoms with E-state index in [4.69, 9.17) is 14.2 Å². The van der Waals surface area contributed by atoms with Gasteiger partial charge in [0.25, 0.3) is 5.56 Å². The van der Waals surface area contributed by atoms with Gasteiger partial charge >= 0.3 is 23.6 Å². The molecule has 0 N–H and O–H groups in total. The van der Waals surface area contributed by atoms with Crippen LogP contribution in [0.1, 0.15) is 20.8 Å². The van der Waals surface area contributed by atoms with E-state index in [1.165, 1.54) is 0 Å². The molecule has 11 heteroatoms. The molecule has 0 saturated carbocycles. The maximum absolute atomic E-state index is 12.7. The minimum Gasteiger partial charge on any atom is -0.465 e. The largest absolute Gasteiger partial charge is 0.465 e. The molecule has 0 aromatic carbocycles. The lowest BCUT2D eigenvalue weighted by molar-refractivity contribution is -0.144. The van der Waals surface area contributed by atoms with Crippen LogP contribution in [0.4, 0.5) is 0 Å². The van der Waals surface area contributed by atoms with Crippen molar-refractivity contribution in [2.45, 2.75) is 27.3 Å². The Morgan fingerprint density at radius 3 is 2.19 bits per heavy atom. The summed E-state index contributed by atoms with van der Waals surface area (Å²) in [5, 5.41) is 0. The molecule has 0 amide bonds. The summed E-state index contributed by atoms with van der Waals surface area (Å²) in [7, 11) is 0. The lowest BCUT2D eigenvalue weighted by Gasteiger charge is -2.13. The zero-order valence-electron chi connectivity index (χ0n) is 15.0. The van der Waals surface area contributed by atoms with Crippen molar-refractivity contribution in [3.63, 3.8) is 0 Å². The van der Waals surface area contributed by atoms with Crippen molar-refractivity contribution < 1.29 is 28.6 Å². The first-order valence-corrected chi connectivity index (χ1v) is 8.79. The van der Waals surface area contributed by atoms with Crippen LogP contribution in [-0.4, -0.2) is 46.9 Å². The van der Waals surface area contributed by atoms with Gasteiger partial charge in [-0.2, -0.15) is 0 Å². The number of hydrogen-bond acceptors (Lipinski definition) is 8. The van der Waals surface area contributed by atoms with Crippen LogP contribution in [0.15, 0.2) is 26.3 Å². The number of ether oxygens (including phenoxy) is 3. The van der Waals surface area contributed by atoms with Gasteiger partial charge in [-0.3, -0.25) is 14.2 Å². The second-order valence-corrected chi connectivity index (χ2v) is 5.68. The van der Waals surface area contributed by atoms with E-state index in [0.717, 1.165) is 16.8 Å². The Labute approximate surface area is 162 Å². The van der Waals surface area contributed by atoms with Gasteiger partial charge in [0.2, 0.25) is 0 Å². The molecule has 1 heterocycles. The van der Waals surface area contributed by atoms with E-state index in [-0.39, 0.29) is 24.3 Å². The van der Waals surface area contributed by atoms with Crippen molar-refractivity contribution >= 4 is 39.5 Å². The maximum Gasteiger partial charge on any atom is 0.355 e. The van der Waals surface area contributed by atoms with E-state index in [1.807, 2.05) is 0 Å². The first kappa shape index (κ1) is 22.4. The van der Waals surface area contributed by atoms with Gasteiger partial charge in [-0.1, -0.05) is 0 Å². The quantitative estimate of drug-likeness (QED) is 0.317. The first-order chi connectivity index (χ1) is 12.8. The van der Waals surface area contributed by atoms with Crippen LogP contribution in [-0.2, 0) is 35.1 Å². The van der Waals surface area contributed by atoms with Crippen molar-refractivity contribution in [3.05, 3.63) is 37.6 Å². The number of rotatable bonds is 8. The SMILES string of the molecule is CCOC(=O)/C=C(/C(=O)OCC)n1cc(Br)c(=O)n(CC(=O)OCC)c1=O. The zero-order chi connectivity index (χ0) is 20.6. The first-order valence-electron chi connectivity index (χ1n) is 8.00. The summed E-state index contributed by atoms with van der Waals surface area (Å²) in [4.78, 5) is 60.5. The average molecular weight is 447 g/mol. The van der Waals surface area contributed by atoms with Crippen molar-refractivity contribution in [1.82, 2.24) is 9.13 Å². The molecule has 1 aromatic heterocycles. The van der Waals surface area contributed by atoms with Crippen LogP contribution in [0.2, 0.25) is 0 Å². The highest BCUT2D eigenvalue weighted by atomic mass is 79.9. The van der Waals surface area contributed by atoms with Crippen LogP contribution < -0.4 is 11.2 Å². The van der Waals surface area contributed by atoms with Gasteiger partial charge in [-0.05, 0) is 36.7 Å². The van der Waals surface area contributed by atoms with Crippen molar-refractivity contribution in [2.24, 2.45) is 0 Å². The highest BCUT2D eigenvalue weighted by Crippen LogP contribution is 2.09. The molecule has 0 saturated heterocycles. The molecule has 10 nitrogen and oxygen atoms in total. The van der Waals surface area contributed by atoms with E-state index >= 15 is 0 Å². The average Bonchev–Trinajstić information content (AvgIpc) is 2.60. The third-order valence-corrected chi connectivity index (χ3v) is 3.55.